The van der Waals surface area contributed by atoms with Gasteiger partial charge in [-0.1, -0.05) is 50.2 Å². The summed E-state index contributed by atoms with van der Waals surface area (Å²) in [5, 5.41) is 2.94. The second kappa shape index (κ2) is 9.35. The molecular formula is C22H27N3O3. The molecular weight excluding hydrogens is 354 g/mol. The lowest BCUT2D eigenvalue weighted by Crippen LogP contribution is -2.45. The molecule has 1 atom stereocenters. The molecule has 28 heavy (non-hydrogen) atoms. The molecule has 148 valence electrons. The summed E-state index contributed by atoms with van der Waals surface area (Å²) in [4.78, 5) is 30.9. The minimum absolute atomic E-state index is 0.149. The maximum atomic E-state index is 12.6. The molecule has 0 spiro atoms. The van der Waals surface area contributed by atoms with Crippen LogP contribution in [0.25, 0.3) is 0 Å². The van der Waals surface area contributed by atoms with E-state index >= 15 is 0 Å². The Morgan fingerprint density at radius 2 is 2.00 bits per heavy atom. The van der Waals surface area contributed by atoms with Crippen LogP contribution >= 0.6 is 0 Å². The highest BCUT2D eigenvalue weighted by atomic mass is 16.6. The van der Waals surface area contributed by atoms with Crippen LogP contribution in [-0.4, -0.2) is 34.5 Å². The second-order valence-electron chi connectivity index (χ2n) is 7.39. The lowest BCUT2D eigenvalue weighted by atomic mass is 10.0. The number of carbonyl (C=O) groups is 2. The minimum atomic E-state index is -0.482. The molecule has 2 heterocycles. The molecule has 1 saturated heterocycles. The predicted octanol–water partition coefficient (Wildman–Crippen LogP) is 3.62. The Morgan fingerprint density at radius 3 is 2.75 bits per heavy atom. The Labute approximate surface area is 165 Å². The first-order valence-electron chi connectivity index (χ1n) is 9.73. The summed E-state index contributed by atoms with van der Waals surface area (Å²) in [5.74, 6) is 0.233. The van der Waals surface area contributed by atoms with Gasteiger partial charge in [0.05, 0.1) is 0 Å². The molecule has 0 bridgehead atoms. The zero-order valence-electron chi connectivity index (χ0n) is 16.4. The van der Waals surface area contributed by atoms with Crippen LogP contribution in [0.5, 0.6) is 0 Å². The van der Waals surface area contributed by atoms with E-state index in [1.165, 1.54) is 4.90 Å². The van der Waals surface area contributed by atoms with Crippen LogP contribution in [-0.2, 0) is 22.7 Å². The first-order valence-corrected chi connectivity index (χ1v) is 9.73. The van der Waals surface area contributed by atoms with Crippen molar-refractivity contribution in [1.29, 1.82) is 0 Å². The van der Waals surface area contributed by atoms with E-state index in [0.29, 0.717) is 25.4 Å². The summed E-state index contributed by atoms with van der Waals surface area (Å²) in [7, 11) is 0. The van der Waals surface area contributed by atoms with Crippen molar-refractivity contribution in [2.45, 2.75) is 51.8 Å². The van der Waals surface area contributed by atoms with E-state index in [9.17, 15) is 9.59 Å². The van der Waals surface area contributed by atoms with Crippen molar-refractivity contribution in [2.75, 3.05) is 6.54 Å². The SMILES string of the molecule is CC(C)c1cncc(CNC(=O)C2CCCN2C(=O)OCc2ccccc2)c1. The summed E-state index contributed by atoms with van der Waals surface area (Å²) in [6.45, 7) is 5.36. The average molecular weight is 381 g/mol. The van der Waals surface area contributed by atoms with E-state index in [2.05, 4.69) is 30.2 Å². The number of nitrogens with zero attached hydrogens (tertiary/aromatic N) is 2. The Hall–Kier alpha value is -2.89. The van der Waals surface area contributed by atoms with Crippen LogP contribution in [0, 0.1) is 0 Å². The van der Waals surface area contributed by atoms with Crippen molar-refractivity contribution in [3.8, 4) is 0 Å². The maximum absolute atomic E-state index is 12.6. The van der Waals surface area contributed by atoms with Gasteiger partial charge in [-0.05, 0) is 35.4 Å². The van der Waals surface area contributed by atoms with Crippen molar-refractivity contribution in [3.63, 3.8) is 0 Å². The summed E-state index contributed by atoms with van der Waals surface area (Å²) in [5.41, 5.74) is 3.02. The lowest BCUT2D eigenvalue weighted by molar-refractivity contribution is -0.125. The van der Waals surface area contributed by atoms with Gasteiger partial charge in [0.1, 0.15) is 12.6 Å². The third kappa shape index (κ3) is 5.09. The van der Waals surface area contributed by atoms with Gasteiger partial charge in [-0.2, -0.15) is 0 Å². The zero-order valence-corrected chi connectivity index (χ0v) is 16.4. The van der Waals surface area contributed by atoms with Crippen LogP contribution < -0.4 is 5.32 Å². The minimum Gasteiger partial charge on any atom is -0.445 e. The van der Waals surface area contributed by atoms with Gasteiger partial charge in [-0.3, -0.25) is 14.7 Å². The number of amides is 2. The summed E-state index contributed by atoms with van der Waals surface area (Å²) in [6.07, 6.45) is 4.61. The Kier molecular flexibility index (Phi) is 6.63. The van der Waals surface area contributed by atoms with E-state index < -0.39 is 12.1 Å². The highest BCUT2D eigenvalue weighted by molar-refractivity contribution is 5.86. The van der Waals surface area contributed by atoms with Crippen molar-refractivity contribution in [3.05, 3.63) is 65.5 Å². The Bertz CT molecular complexity index is 808. The van der Waals surface area contributed by atoms with Crippen LogP contribution in [0.15, 0.2) is 48.8 Å². The van der Waals surface area contributed by atoms with Gasteiger partial charge in [-0.15, -0.1) is 0 Å². The molecule has 0 saturated carbocycles. The highest BCUT2D eigenvalue weighted by Gasteiger charge is 2.35. The number of pyridine rings is 1. The molecule has 6 nitrogen and oxygen atoms in total. The summed E-state index contributed by atoms with van der Waals surface area (Å²) < 4.78 is 5.39. The third-order valence-corrected chi connectivity index (χ3v) is 4.94. The van der Waals surface area contributed by atoms with Crippen LogP contribution in [0.1, 0.15) is 49.3 Å². The smallest absolute Gasteiger partial charge is 0.410 e. The fourth-order valence-corrected chi connectivity index (χ4v) is 3.29. The van der Waals surface area contributed by atoms with Crippen molar-refractivity contribution >= 4 is 12.0 Å². The van der Waals surface area contributed by atoms with Gasteiger partial charge >= 0.3 is 6.09 Å². The van der Waals surface area contributed by atoms with Crippen molar-refractivity contribution < 1.29 is 14.3 Å². The second-order valence-corrected chi connectivity index (χ2v) is 7.39. The normalized spacial score (nSPS) is 16.2. The van der Waals surface area contributed by atoms with E-state index in [-0.39, 0.29) is 12.5 Å². The van der Waals surface area contributed by atoms with E-state index in [0.717, 1.165) is 23.1 Å². The quantitative estimate of drug-likeness (QED) is 0.830. The van der Waals surface area contributed by atoms with Crippen molar-refractivity contribution in [1.82, 2.24) is 15.2 Å². The number of hydrogen-bond acceptors (Lipinski definition) is 4. The monoisotopic (exact) mass is 381 g/mol. The standard InChI is InChI=1S/C22H27N3O3/c1-16(2)19-11-18(12-23-14-19)13-24-21(26)20-9-6-10-25(20)22(27)28-15-17-7-4-3-5-8-17/h3-5,7-8,11-12,14,16,20H,6,9-10,13,15H2,1-2H3,(H,24,26). The zero-order chi connectivity index (χ0) is 19.9. The van der Waals surface area contributed by atoms with Gasteiger partial charge in [-0.25, -0.2) is 4.79 Å². The molecule has 1 aromatic carbocycles. The largest absolute Gasteiger partial charge is 0.445 e. The molecule has 3 rings (SSSR count). The average Bonchev–Trinajstić information content (AvgIpc) is 3.21. The molecule has 6 heteroatoms. The lowest BCUT2D eigenvalue weighted by Gasteiger charge is -2.23. The first kappa shape index (κ1) is 19.9. The predicted molar refractivity (Wildman–Crippen MR) is 107 cm³/mol. The van der Waals surface area contributed by atoms with Gasteiger partial charge in [0, 0.05) is 25.5 Å². The first-order chi connectivity index (χ1) is 13.5. The number of rotatable bonds is 6. The number of aromatic nitrogens is 1. The fourth-order valence-electron chi connectivity index (χ4n) is 3.29. The molecule has 1 fully saturated rings. The Morgan fingerprint density at radius 1 is 1.21 bits per heavy atom. The number of benzene rings is 1. The number of likely N-dealkylation sites (tertiary alicyclic amines) is 1. The summed E-state index contributed by atoms with van der Waals surface area (Å²) >= 11 is 0. The maximum Gasteiger partial charge on any atom is 0.410 e. The Balaban J connectivity index is 1.53. The molecule has 1 aromatic heterocycles. The van der Waals surface area contributed by atoms with Gasteiger partial charge < -0.3 is 10.1 Å². The summed E-state index contributed by atoms with van der Waals surface area (Å²) in [6, 6.07) is 11.1. The fraction of sp³-hybridized carbons (Fsp3) is 0.409. The molecule has 1 aliphatic rings. The molecule has 2 amide bonds. The highest BCUT2D eigenvalue weighted by Crippen LogP contribution is 2.19. The van der Waals surface area contributed by atoms with E-state index in [4.69, 9.17) is 4.74 Å². The van der Waals surface area contributed by atoms with E-state index in [1.807, 2.05) is 36.5 Å². The van der Waals surface area contributed by atoms with Crippen molar-refractivity contribution in [2.24, 2.45) is 0 Å². The van der Waals surface area contributed by atoms with Gasteiger partial charge in [0.25, 0.3) is 0 Å². The van der Waals surface area contributed by atoms with Crippen LogP contribution in [0.3, 0.4) is 0 Å². The van der Waals surface area contributed by atoms with Crippen LogP contribution in [0.4, 0.5) is 4.79 Å². The number of ether oxygens (including phenoxy) is 1. The molecule has 1 unspecified atom stereocenters. The van der Waals surface area contributed by atoms with Crippen LogP contribution in [0.2, 0.25) is 0 Å². The topological polar surface area (TPSA) is 71.5 Å². The number of nitrogens with one attached hydrogen (secondary N) is 1. The third-order valence-electron chi connectivity index (χ3n) is 4.94. The van der Waals surface area contributed by atoms with Gasteiger partial charge in [0.2, 0.25) is 5.91 Å². The van der Waals surface area contributed by atoms with E-state index in [1.54, 1.807) is 6.20 Å². The molecule has 0 radical (unpaired) electrons. The van der Waals surface area contributed by atoms with Gasteiger partial charge in [0.15, 0.2) is 0 Å². The number of carbonyl (C=O) groups excluding carboxylic acids is 2. The number of hydrogen-bond donors (Lipinski definition) is 1. The molecule has 0 aliphatic carbocycles. The molecule has 1 N–H and O–H groups in total. The molecule has 2 aromatic rings. The molecule has 1 aliphatic heterocycles.